The number of carbonyl (C=O) groups is 2. The van der Waals surface area contributed by atoms with Gasteiger partial charge >= 0.3 is 5.97 Å². The summed E-state index contributed by atoms with van der Waals surface area (Å²) in [6, 6.07) is 21.4. The number of nitrogens with zero attached hydrogens (tertiary/aromatic N) is 1. The van der Waals surface area contributed by atoms with Crippen molar-refractivity contribution in [3.05, 3.63) is 66.7 Å². The molecule has 29 heavy (non-hydrogen) atoms. The van der Waals surface area contributed by atoms with E-state index in [9.17, 15) is 9.59 Å². The molecule has 7 heteroatoms. The van der Waals surface area contributed by atoms with Gasteiger partial charge in [0.1, 0.15) is 0 Å². The molecule has 1 aromatic heterocycles. The third kappa shape index (κ3) is 4.75. The Bertz CT molecular complexity index is 1160. The van der Waals surface area contributed by atoms with E-state index in [4.69, 9.17) is 4.74 Å². The molecule has 1 atom stereocenters. The Morgan fingerprint density at radius 2 is 1.83 bits per heavy atom. The number of amides is 1. The molecule has 0 saturated heterocycles. The summed E-state index contributed by atoms with van der Waals surface area (Å²) < 4.78 is 7.15. The van der Waals surface area contributed by atoms with Gasteiger partial charge in [-0.25, -0.2) is 4.98 Å². The highest BCUT2D eigenvalue weighted by Gasteiger charge is 2.18. The van der Waals surface area contributed by atoms with Crippen LogP contribution in [0.3, 0.4) is 0 Å². The van der Waals surface area contributed by atoms with Gasteiger partial charge in [-0.15, -0.1) is 11.3 Å². The topological polar surface area (TPSA) is 68.3 Å². The van der Waals surface area contributed by atoms with Gasteiger partial charge in [0, 0.05) is 5.69 Å². The molecule has 0 bridgehead atoms. The molecule has 3 aromatic carbocycles. The van der Waals surface area contributed by atoms with Gasteiger partial charge in [-0.2, -0.15) is 0 Å². The van der Waals surface area contributed by atoms with E-state index in [0.717, 1.165) is 25.3 Å². The van der Waals surface area contributed by atoms with Crippen molar-refractivity contribution in [3.8, 4) is 0 Å². The number of hydrogen-bond donors (Lipinski definition) is 1. The predicted molar refractivity (Wildman–Crippen MR) is 118 cm³/mol. The summed E-state index contributed by atoms with van der Waals surface area (Å²) in [6.07, 6.45) is -0.884. The Kier molecular flexibility index (Phi) is 5.78. The lowest BCUT2D eigenvalue weighted by atomic mass is 10.1. The molecule has 4 rings (SSSR count). The normalized spacial score (nSPS) is 12.0. The molecule has 0 fully saturated rings. The summed E-state index contributed by atoms with van der Waals surface area (Å²) in [5.41, 5.74) is 1.58. The fraction of sp³-hybridized carbons (Fsp3) is 0.136. The first-order valence-electron chi connectivity index (χ1n) is 9.06. The van der Waals surface area contributed by atoms with E-state index in [0.29, 0.717) is 5.69 Å². The van der Waals surface area contributed by atoms with Gasteiger partial charge in [-0.3, -0.25) is 9.59 Å². The van der Waals surface area contributed by atoms with E-state index in [1.165, 1.54) is 23.1 Å². The van der Waals surface area contributed by atoms with Crippen LogP contribution in [0, 0.1) is 0 Å². The molecule has 0 aliphatic heterocycles. The molecule has 5 nitrogen and oxygen atoms in total. The summed E-state index contributed by atoms with van der Waals surface area (Å²) in [5, 5.41) is 4.92. The standard InChI is InChI=1S/C22H18N2O3S2/c1-14(21(26)23-17-11-10-15-6-2-3-7-16(15)12-17)27-20(25)13-28-22-24-18-8-4-5-9-19(18)29-22/h2-12,14H,13H2,1H3,(H,23,26). The van der Waals surface area contributed by atoms with Crippen LogP contribution in [0.25, 0.3) is 21.0 Å². The Morgan fingerprint density at radius 1 is 1.07 bits per heavy atom. The molecule has 0 aliphatic rings. The zero-order chi connectivity index (χ0) is 20.2. The van der Waals surface area contributed by atoms with Crippen LogP contribution in [0.15, 0.2) is 71.1 Å². The second kappa shape index (κ2) is 8.63. The first kappa shape index (κ1) is 19.4. The second-order valence-electron chi connectivity index (χ2n) is 6.42. The van der Waals surface area contributed by atoms with E-state index < -0.39 is 12.1 Å². The average Bonchev–Trinajstić information content (AvgIpc) is 3.15. The molecule has 1 amide bonds. The smallest absolute Gasteiger partial charge is 0.317 e. The number of para-hydroxylation sites is 1. The van der Waals surface area contributed by atoms with Gasteiger partial charge in [-0.05, 0) is 42.0 Å². The maximum Gasteiger partial charge on any atom is 0.317 e. The number of benzene rings is 3. The van der Waals surface area contributed by atoms with Gasteiger partial charge < -0.3 is 10.1 Å². The van der Waals surface area contributed by atoms with E-state index in [1.807, 2.05) is 66.7 Å². The summed E-state index contributed by atoms with van der Waals surface area (Å²) in [5.74, 6) is -0.706. The number of nitrogens with one attached hydrogen (secondary N) is 1. The first-order valence-corrected chi connectivity index (χ1v) is 10.9. The molecule has 0 aliphatic carbocycles. The van der Waals surface area contributed by atoms with Gasteiger partial charge in [0.05, 0.1) is 16.0 Å². The van der Waals surface area contributed by atoms with Gasteiger partial charge in [0.15, 0.2) is 10.4 Å². The number of rotatable bonds is 6. The lowest BCUT2D eigenvalue weighted by Crippen LogP contribution is -2.30. The molecule has 4 aromatic rings. The molecule has 0 radical (unpaired) electrons. The Balaban J connectivity index is 1.30. The number of fused-ring (bicyclic) bond motifs is 2. The van der Waals surface area contributed by atoms with Crippen LogP contribution in [-0.2, 0) is 14.3 Å². The van der Waals surface area contributed by atoms with E-state index in [1.54, 1.807) is 6.92 Å². The minimum absolute atomic E-state index is 0.105. The highest BCUT2D eigenvalue weighted by Crippen LogP contribution is 2.29. The highest BCUT2D eigenvalue weighted by molar-refractivity contribution is 8.01. The van der Waals surface area contributed by atoms with Crippen LogP contribution < -0.4 is 5.32 Å². The van der Waals surface area contributed by atoms with Gasteiger partial charge in [0.25, 0.3) is 5.91 Å². The lowest BCUT2D eigenvalue weighted by Gasteiger charge is -2.13. The van der Waals surface area contributed by atoms with Crippen LogP contribution in [0.2, 0.25) is 0 Å². The number of hydrogen-bond acceptors (Lipinski definition) is 6. The maximum absolute atomic E-state index is 12.4. The highest BCUT2D eigenvalue weighted by atomic mass is 32.2. The van der Waals surface area contributed by atoms with Crippen molar-refractivity contribution in [1.29, 1.82) is 0 Å². The third-order valence-corrected chi connectivity index (χ3v) is 6.44. The SMILES string of the molecule is CC(OC(=O)CSc1nc2ccccc2s1)C(=O)Nc1ccc2ccccc2c1. The quantitative estimate of drug-likeness (QED) is 0.345. The summed E-state index contributed by atoms with van der Waals surface area (Å²) in [6.45, 7) is 1.57. The summed E-state index contributed by atoms with van der Waals surface area (Å²) in [4.78, 5) is 29.0. The van der Waals surface area contributed by atoms with Gasteiger partial charge in [-0.1, -0.05) is 54.2 Å². The van der Waals surface area contributed by atoms with E-state index >= 15 is 0 Å². The largest absolute Gasteiger partial charge is 0.452 e. The van der Waals surface area contributed by atoms with Crippen molar-refractivity contribution in [2.24, 2.45) is 0 Å². The third-order valence-electron chi connectivity index (χ3n) is 4.28. The zero-order valence-corrected chi connectivity index (χ0v) is 17.3. The van der Waals surface area contributed by atoms with Crippen molar-refractivity contribution in [1.82, 2.24) is 4.98 Å². The average molecular weight is 423 g/mol. The van der Waals surface area contributed by atoms with Crippen molar-refractivity contribution in [2.45, 2.75) is 17.4 Å². The van der Waals surface area contributed by atoms with Crippen LogP contribution in [0.5, 0.6) is 0 Å². The number of aromatic nitrogens is 1. The van der Waals surface area contributed by atoms with Crippen LogP contribution in [0.4, 0.5) is 5.69 Å². The number of ether oxygens (including phenoxy) is 1. The summed E-state index contributed by atoms with van der Waals surface area (Å²) >= 11 is 2.85. The Morgan fingerprint density at radius 3 is 2.66 bits per heavy atom. The van der Waals surface area contributed by atoms with Crippen LogP contribution in [-0.4, -0.2) is 28.7 Å². The van der Waals surface area contributed by atoms with Crippen molar-refractivity contribution in [2.75, 3.05) is 11.1 Å². The number of carbonyl (C=O) groups excluding carboxylic acids is 2. The monoisotopic (exact) mass is 422 g/mol. The van der Waals surface area contributed by atoms with E-state index in [-0.39, 0.29) is 11.7 Å². The number of thiazole rings is 1. The molecular weight excluding hydrogens is 404 g/mol. The molecule has 146 valence electrons. The molecule has 1 unspecified atom stereocenters. The molecular formula is C22H18N2O3S2. The minimum Gasteiger partial charge on any atom is -0.452 e. The summed E-state index contributed by atoms with van der Waals surface area (Å²) in [7, 11) is 0. The number of thioether (sulfide) groups is 1. The fourth-order valence-electron chi connectivity index (χ4n) is 2.83. The number of anilines is 1. The lowest BCUT2D eigenvalue weighted by molar-refractivity contribution is -0.150. The van der Waals surface area contributed by atoms with Crippen molar-refractivity contribution >= 4 is 61.7 Å². The first-order chi connectivity index (χ1) is 14.1. The minimum atomic E-state index is -0.884. The fourth-order valence-corrected chi connectivity index (χ4v) is 4.68. The maximum atomic E-state index is 12.4. The van der Waals surface area contributed by atoms with Crippen LogP contribution in [0.1, 0.15) is 6.92 Å². The Hall–Kier alpha value is -2.90. The van der Waals surface area contributed by atoms with Crippen molar-refractivity contribution < 1.29 is 14.3 Å². The van der Waals surface area contributed by atoms with E-state index in [2.05, 4.69) is 10.3 Å². The molecule has 0 saturated carbocycles. The van der Waals surface area contributed by atoms with Gasteiger partial charge in [0.2, 0.25) is 0 Å². The molecule has 0 spiro atoms. The predicted octanol–water partition coefficient (Wildman–Crippen LogP) is 5.11. The zero-order valence-electron chi connectivity index (χ0n) is 15.6. The Labute approximate surface area is 176 Å². The van der Waals surface area contributed by atoms with Crippen LogP contribution >= 0.6 is 23.1 Å². The van der Waals surface area contributed by atoms with Crippen molar-refractivity contribution in [3.63, 3.8) is 0 Å². The molecule has 1 N–H and O–H groups in total. The molecule has 1 heterocycles. The second-order valence-corrected chi connectivity index (χ2v) is 8.67. The number of esters is 1.